The van der Waals surface area contributed by atoms with E-state index in [-0.39, 0.29) is 25.7 Å². The van der Waals surface area contributed by atoms with Gasteiger partial charge in [-0.2, -0.15) is 0 Å². The molecule has 0 radical (unpaired) electrons. The molecule has 5 atom stereocenters. The molecule has 19 heteroatoms. The Bertz CT molecular complexity index is 2320. The second-order valence-corrected chi connectivity index (χ2v) is 28.9. The van der Waals surface area contributed by atoms with Gasteiger partial charge in [-0.25, -0.2) is 9.13 Å². The Kier molecular flexibility index (Phi) is 69.9. The summed E-state index contributed by atoms with van der Waals surface area (Å²) in [6, 6.07) is 0. The highest BCUT2D eigenvalue weighted by Gasteiger charge is 2.30. The summed E-state index contributed by atoms with van der Waals surface area (Å²) in [4.78, 5) is 72.9. The van der Waals surface area contributed by atoms with E-state index in [0.29, 0.717) is 32.1 Å². The monoisotopic (exact) mass is 1450 g/mol. The third-order valence-corrected chi connectivity index (χ3v) is 18.1. The number of phosphoric acid groups is 2. The highest BCUT2D eigenvalue weighted by atomic mass is 31.2. The molecule has 576 valence electrons. The van der Waals surface area contributed by atoms with E-state index in [9.17, 15) is 43.2 Å². The van der Waals surface area contributed by atoms with Gasteiger partial charge in [0.15, 0.2) is 12.2 Å². The van der Waals surface area contributed by atoms with E-state index in [1.165, 1.54) is 89.9 Å². The third-order valence-electron chi connectivity index (χ3n) is 16.2. The lowest BCUT2D eigenvalue weighted by Gasteiger charge is -2.21. The molecular formula is C81H140O17P2. The molecule has 0 aromatic heterocycles. The van der Waals surface area contributed by atoms with Crippen molar-refractivity contribution >= 4 is 39.5 Å². The molecule has 0 amide bonds. The average Bonchev–Trinajstić information content (AvgIpc) is 1.06. The Morgan fingerprint density at radius 1 is 0.290 bits per heavy atom. The summed E-state index contributed by atoms with van der Waals surface area (Å²) in [5, 5.41) is 10.6. The zero-order valence-electron chi connectivity index (χ0n) is 62.8. The molecular weight excluding hydrogens is 1310 g/mol. The third kappa shape index (κ3) is 72.1. The van der Waals surface area contributed by atoms with Gasteiger partial charge in [-0.05, 0) is 148 Å². The smallest absolute Gasteiger partial charge is 0.462 e. The molecule has 2 unspecified atom stereocenters. The van der Waals surface area contributed by atoms with E-state index in [4.69, 9.17) is 37.0 Å². The number of carbonyl (C=O) groups excluding carboxylic acids is 4. The standard InChI is InChI=1S/C81H140O17P2/c1-5-9-13-17-21-25-29-33-36-37-40-43-46-50-54-58-62-66-79(84)92-72-77(98-81(86)68-64-60-56-52-48-44-39-35-31-27-23-19-15-11-7-3)74-96-100(89,90)94-70-75(82)69-93-99(87,88)95-73-76(97-80(85)67-63-59-55-51-47-41-32-28-24-20-16-12-8-4)71-91-78(83)65-61-57-53-49-45-42-38-34-30-26-22-18-14-10-6-2/h21-22,25-28,31-36,38-40,43,50,54,75-77,82H,5-20,23-24,29-30,37,41-42,44-49,51-53,55-74H2,1-4H3,(H,87,88)(H,89,90)/b25-21-,26-22-,31-27-,32-28-,36-33-,38-34-,39-35-,43-40-,54-50-/t75-,76-,77-/m1/s1. The van der Waals surface area contributed by atoms with Crippen LogP contribution in [0.15, 0.2) is 109 Å². The van der Waals surface area contributed by atoms with E-state index in [2.05, 4.69) is 125 Å². The molecule has 0 aliphatic heterocycles. The summed E-state index contributed by atoms with van der Waals surface area (Å²) in [6.45, 7) is 4.69. The number of carbonyl (C=O) groups is 4. The normalized spacial score (nSPS) is 14.5. The Morgan fingerprint density at radius 3 is 0.880 bits per heavy atom. The lowest BCUT2D eigenvalue weighted by Crippen LogP contribution is -2.30. The zero-order valence-corrected chi connectivity index (χ0v) is 64.6. The SMILES string of the molecule is CCCCC/C=C\C/C=C\C/C=C\C/C=C\CCCC(=O)OC[C@H](COP(=O)(O)OC[C@H](O)COP(=O)(O)OC[C@@H](COC(=O)CCCCCCC/C=C\C/C=C\CCCCC)OC(=O)CCCCCCC/C=C\CCCCCC)OC(=O)CCCCCCC/C=C\C=C/CCCCCC. The fourth-order valence-electron chi connectivity index (χ4n) is 10.2. The van der Waals surface area contributed by atoms with Gasteiger partial charge >= 0.3 is 39.5 Å². The lowest BCUT2D eigenvalue weighted by atomic mass is 10.1. The molecule has 0 rings (SSSR count). The fraction of sp³-hybridized carbons (Fsp3) is 0.728. The van der Waals surface area contributed by atoms with E-state index in [0.717, 1.165) is 148 Å². The molecule has 0 spiro atoms. The van der Waals surface area contributed by atoms with Crippen LogP contribution in [-0.2, 0) is 65.4 Å². The van der Waals surface area contributed by atoms with Crippen molar-refractivity contribution in [3.05, 3.63) is 109 Å². The number of esters is 4. The van der Waals surface area contributed by atoms with Gasteiger partial charge in [0.1, 0.15) is 19.3 Å². The largest absolute Gasteiger partial charge is 0.472 e. The first-order chi connectivity index (χ1) is 48.7. The molecule has 0 aromatic carbocycles. The molecule has 0 heterocycles. The summed E-state index contributed by atoms with van der Waals surface area (Å²) in [6.07, 6.45) is 77.9. The second kappa shape index (κ2) is 73.0. The Hall–Kier alpha value is -4.28. The first-order valence-electron chi connectivity index (χ1n) is 39.1. The van der Waals surface area contributed by atoms with Crippen molar-refractivity contribution in [2.75, 3.05) is 39.6 Å². The average molecular weight is 1450 g/mol. The number of phosphoric ester groups is 2. The van der Waals surface area contributed by atoms with Crippen LogP contribution in [0.5, 0.6) is 0 Å². The van der Waals surface area contributed by atoms with E-state index >= 15 is 0 Å². The molecule has 100 heavy (non-hydrogen) atoms. The minimum Gasteiger partial charge on any atom is -0.462 e. The summed E-state index contributed by atoms with van der Waals surface area (Å²) in [5.74, 6) is -2.27. The first kappa shape index (κ1) is 95.7. The van der Waals surface area contributed by atoms with Crippen LogP contribution in [0.2, 0.25) is 0 Å². The molecule has 3 N–H and O–H groups in total. The Balaban J connectivity index is 5.42. The number of ether oxygens (including phenoxy) is 4. The summed E-state index contributed by atoms with van der Waals surface area (Å²) in [5.41, 5.74) is 0. The first-order valence-corrected chi connectivity index (χ1v) is 42.1. The van der Waals surface area contributed by atoms with Gasteiger partial charge in [-0.1, -0.05) is 259 Å². The fourth-order valence-corrected chi connectivity index (χ4v) is 11.7. The van der Waals surface area contributed by atoms with Gasteiger partial charge < -0.3 is 33.8 Å². The predicted molar refractivity (Wildman–Crippen MR) is 408 cm³/mol. The van der Waals surface area contributed by atoms with E-state index in [1.807, 2.05) is 12.2 Å². The number of allylic oxidation sites excluding steroid dienone is 18. The lowest BCUT2D eigenvalue weighted by molar-refractivity contribution is -0.161. The zero-order chi connectivity index (χ0) is 73.2. The summed E-state index contributed by atoms with van der Waals surface area (Å²) >= 11 is 0. The van der Waals surface area contributed by atoms with Crippen molar-refractivity contribution in [1.29, 1.82) is 0 Å². The predicted octanol–water partition coefficient (Wildman–Crippen LogP) is 22.6. The van der Waals surface area contributed by atoms with Gasteiger partial charge in [0, 0.05) is 25.7 Å². The Labute approximate surface area is 607 Å². The number of hydrogen-bond donors (Lipinski definition) is 3. The van der Waals surface area contributed by atoms with E-state index in [1.54, 1.807) is 0 Å². The molecule has 0 saturated heterocycles. The second-order valence-electron chi connectivity index (χ2n) is 26.0. The number of rotatable bonds is 73. The van der Waals surface area contributed by atoms with Crippen LogP contribution in [-0.4, -0.2) is 96.7 Å². The van der Waals surface area contributed by atoms with Crippen LogP contribution in [0, 0.1) is 0 Å². The number of aliphatic hydroxyl groups is 1. The van der Waals surface area contributed by atoms with Crippen molar-refractivity contribution < 1.29 is 80.2 Å². The molecule has 0 fully saturated rings. The quantitative estimate of drug-likeness (QED) is 0.0128. The topological polar surface area (TPSA) is 237 Å². The highest BCUT2D eigenvalue weighted by Crippen LogP contribution is 2.45. The maximum absolute atomic E-state index is 13.1. The highest BCUT2D eigenvalue weighted by molar-refractivity contribution is 7.47. The van der Waals surface area contributed by atoms with Crippen LogP contribution < -0.4 is 0 Å². The van der Waals surface area contributed by atoms with Crippen LogP contribution in [0.3, 0.4) is 0 Å². The summed E-state index contributed by atoms with van der Waals surface area (Å²) < 4.78 is 68.4. The van der Waals surface area contributed by atoms with Crippen molar-refractivity contribution in [1.82, 2.24) is 0 Å². The van der Waals surface area contributed by atoms with Crippen molar-refractivity contribution in [3.63, 3.8) is 0 Å². The van der Waals surface area contributed by atoms with Crippen LogP contribution in [0.4, 0.5) is 0 Å². The van der Waals surface area contributed by atoms with Crippen LogP contribution in [0.25, 0.3) is 0 Å². The maximum atomic E-state index is 13.1. The van der Waals surface area contributed by atoms with Crippen molar-refractivity contribution in [2.45, 2.75) is 341 Å². The molecule has 0 aromatic rings. The van der Waals surface area contributed by atoms with Crippen molar-refractivity contribution in [3.8, 4) is 0 Å². The molecule has 0 aliphatic carbocycles. The van der Waals surface area contributed by atoms with Gasteiger partial charge in [-0.3, -0.25) is 37.3 Å². The summed E-state index contributed by atoms with van der Waals surface area (Å²) in [7, 11) is -9.98. The number of unbranched alkanes of at least 4 members (excludes halogenated alkanes) is 30. The minimum atomic E-state index is -4.99. The van der Waals surface area contributed by atoms with Gasteiger partial charge in [0.2, 0.25) is 0 Å². The van der Waals surface area contributed by atoms with Gasteiger partial charge in [0.05, 0.1) is 26.4 Å². The van der Waals surface area contributed by atoms with Gasteiger partial charge in [-0.15, -0.1) is 0 Å². The molecule has 0 saturated carbocycles. The van der Waals surface area contributed by atoms with E-state index < -0.39 is 97.5 Å². The van der Waals surface area contributed by atoms with Gasteiger partial charge in [0.25, 0.3) is 0 Å². The Morgan fingerprint density at radius 2 is 0.530 bits per heavy atom. The number of hydrogen-bond acceptors (Lipinski definition) is 15. The maximum Gasteiger partial charge on any atom is 0.472 e. The molecule has 0 aliphatic rings. The molecule has 17 nitrogen and oxygen atoms in total. The molecule has 0 bridgehead atoms. The van der Waals surface area contributed by atoms with Crippen LogP contribution in [0.1, 0.15) is 323 Å². The number of aliphatic hydroxyl groups excluding tert-OH is 1. The van der Waals surface area contributed by atoms with Crippen LogP contribution >= 0.6 is 15.6 Å². The minimum absolute atomic E-state index is 0.0644. The van der Waals surface area contributed by atoms with Crippen molar-refractivity contribution in [2.24, 2.45) is 0 Å².